The Labute approximate surface area is 69.8 Å². The van der Waals surface area contributed by atoms with E-state index < -0.39 is 24.6 Å². The lowest BCUT2D eigenvalue weighted by Crippen LogP contribution is -2.54. The molecule has 0 unspecified atom stereocenters. The van der Waals surface area contributed by atoms with Gasteiger partial charge in [-0.15, -0.1) is 0 Å². The van der Waals surface area contributed by atoms with Crippen molar-refractivity contribution in [3.63, 3.8) is 0 Å². The first-order chi connectivity index (χ1) is 5.74. The van der Waals surface area contributed by atoms with Crippen LogP contribution >= 0.6 is 0 Å². The predicted octanol–water partition coefficient (Wildman–Crippen LogP) is -1.52. The van der Waals surface area contributed by atoms with Crippen molar-refractivity contribution in [2.75, 3.05) is 13.7 Å². The van der Waals surface area contributed by atoms with Gasteiger partial charge in [-0.2, -0.15) is 0 Å². The summed E-state index contributed by atoms with van der Waals surface area (Å²) in [5.41, 5.74) is 0. The largest absolute Gasteiger partial charge is 0.387 e. The first-order valence-corrected chi connectivity index (χ1v) is 3.90. The molecule has 2 bridgehead atoms. The van der Waals surface area contributed by atoms with Gasteiger partial charge in [-0.3, -0.25) is 0 Å². The number of rotatable bonds is 1. The Morgan fingerprint density at radius 2 is 2.33 bits per heavy atom. The normalized spacial score (nSPS) is 52.8. The van der Waals surface area contributed by atoms with Crippen LogP contribution in [0.1, 0.15) is 0 Å². The molecule has 2 aliphatic heterocycles. The minimum absolute atomic E-state index is 0.251. The molecule has 0 saturated carbocycles. The highest BCUT2D eigenvalue weighted by Gasteiger charge is 2.49. The summed E-state index contributed by atoms with van der Waals surface area (Å²) in [7, 11) is 1.47. The minimum atomic E-state index is -1.01. The first kappa shape index (κ1) is 8.40. The van der Waals surface area contributed by atoms with Gasteiger partial charge in [0.1, 0.15) is 24.4 Å². The van der Waals surface area contributed by atoms with Crippen LogP contribution in [0.25, 0.3) is 0 Å². The highest BCUT2D eigenvalue weighted by atomic mass is 18.2. The fourth-order valence-corrected chi connectivity index (χ4v) is 1.66. The van der Waals surface area contributed by atoms with Crippen molar-refractivity contribution in [1.29, 1.82) is 0 Å². The van der Waals surface area contributed by atoms with E-state index >= 15 is 0 Å². The standard InChI is InChI=1S/C7H12O5/c1-10-6-3-2-11-7(12-3)5(9)4(6)8/h3-9H,2H2,1H3/t3-,4-,5+,6-,7-/m1/s1/i8+2. The number of hydrogen-bond acceptors (Lipinski definition) is 5. The number of aliphatic hydroxyl groups excluding tert-OH is 2. The van der Waals surface area contributed by atoms with E-state index in [4.69, 9.17) is 14.2 Å². The van der Waals surface area contributed by atoms with Crippen molar-refractivity contribution in [2.24, 2.45) is 0 Å². The first-order valence-electron chi connectivity index (χ1n) is 3.90. The van der Waals surface area contributed by atoms with Gasteiger partial charge in [0.15, 0.2) is 6.29 Å². The molecule has 2 N–H and O–H groups in total. The zero-order valence-electron chi connectivity index (χ0n) is 6.71. The van der Waals surface area contributed by atoms with E-state index in [1.165, 1.54) is 7.11 Å². The molecule has 5 heteroatoms. The van der Waals surface area contributed by atoms with Crippen molar-refractivity contribution < 1.29 is 24.4 Å². The minimum Gasteiger partial charge on any atom is -0.387 e. The Hall–Kier alpha value is -0.200. The fourth-order valence-electron chi connectivity index (χ4n) is 1.66. The molecule has 0 spiro atoms. The second-order valence-corrected chi connectivity index (χ2v) is 3.06. The topological polar surface area (TPSA) is 68.2 Å². The van der Waals surface area contributed by atoms with Crippen LogP contribution < -0.4 is 0 Å². The summed E-state index contributed by atoms with van der Waals surface area (Å²) in [6.45, 7) is 0.372. The average Bonchev–Trinajstić information content (AvgIpc) is 2.49. The summed E-state index contributed by atoms with van der Waals surface area (Å²) >= 11 is 0. The third-order valence-electron chi connectivity index (χ3n) is 2.34. The molecule has 5 nitrogen and oxygen atoms in total. The number of aliphatic hydroxyl groups is 2. The smallest absolute Gasteiger partial charge is 0.186 e. The Morgan fingerprint density at radius 1 is 1.58 bits per heavy atom. The van der Waals surface area contributed by atoms with Gasteiger partial charge in [0, 0.05) is 7.11 Å². The van der Waals surface area contributed by atoms with E-state index in [2.05, 4.69) is 0 Å². The number of methoxy groups -OCH3 is 1. The van der Waals surface area contributed by atoms with E-state index in [0.717, 1.165) is 0 Å². The molecule has 0 aromatic rings. The molecule has 0 amide bonds. The Balaban J connectivity index is 2.14. The van der Waals surface area contributed by atoms with Crippen LogP contribution in [0.15, 0.2) is 0 Å². The Bertz CT molecular complexity index is 173. The summed E-state index contributed by atoms with van der Waals surface area (Å²) < 4.78 is 15.3. The molecule has 2 fully saturated rings. The van der Waals surface area contributed by atoms with E-state index in [9.17, 15) is 10.2 Å². The van der Waals surface area contributed by atoms with Gasteiger partial charge in [0.2, 0.25) is 0 Å². The average molecular weight is 178 g/mol. The molecule has 0 aromatic heterocycles. The molecule has 2 saturated heterocycles. The third kappa shape index (κ3) is 1.06. The van der Waals surface area contributed by atoms with Crippen LogP contribution in [0.5, 0.6) is 0 Å². The van der Waals surface area contributed by atoms with Crippen molar-refractivity contribution in [3.05, 3.63) is 0 Å². The number of hydrogen-bond donors (Lipinski definition) is 2. The summed E-state index contributed by atoms with van der Waals surface area (Å²) in [5, 5.41) is 18.9. The van der Waals surface area contributed by atoms with Gasteiger partial charge >= 0.3 is 0 Å². The van der Waals surface area contributed by atoms with Crippen molar-refractivity contribution in [3.8, 4) is 0 Å². The Morgan fingerprint density at radius 3 is 3.00 bits per heavy atom. The molecule has 5 atom stereocenters. The molecule has 2 rings (SSSR count). The van der Waals surface area contributed by atoms with Crippen LogP contribution in [0.4, 0.5) is 0 Å². The van der Waals surface area contributed by atoms with Gasteiger partial charge in [0.05, 0.1) is 6.61 Å². The molecular weight excluding hydrogens is 166 g/mol. The van der Waals surface area contributed by atoms with E-state index in [1.54, 1.807) is 0 Å². The number of fused-ring (bicyclic) bond motifs is 2. The van der Waals surface area contributed by atoms with Crippen molar-refractivity contribution in [2.45, 2.75) is 30.7 Å². The Kier molecular flexibility index (Phi) is 2.05. The maximum absolute atomic E-state index is 9.48. The molecule has 0 aliphatic carbocycles. The summed E-state index contributed by atoms with van der Waals surface area (Å²) in [4.78, 5) is 0. The molecule has 0 radical (unpaired) electrons. The van der Waals surface area contributed by atoms with Crippen LogP contribution in [-0.4, -0.2) is 54.6 Å². The molecule has 2 aliphatic rings. The lowest BCUT2D eigenvalue weighted by Gasteiger charge is -2.34. The van der Waals surface area contributed by atoms with Gasteiger partial charge < -0.3 is 24.4 Å². The van der Waals surface area contributed by atoms with Crippen LogP contribution in [0.3, 0.4) is 0 Å². The van der Waals surface area contributed by atoms with Crippen LogP contribution in [0.2, 0.25) is 0 Å². The van der Waals surface area contributed by atoms with E-state index in [1.807, 2.05) is 0 Å². The third-order valence-corrected chi connectivity index (χ3v) is 2.34. The monoisotopic (exact) mass is 178 g/mol. The van der Waals surface area contributed by atoms with Crippen molar-refractivity contribution >= 4 is 0 Å². The fraction of sp³-hybridized carbons (Fsp3) is 1.00. The molecule has 2 heterocycles. The summed E-state index contributed by atoms with van der Waals surface area (Å²) in [6.07, 6.45) is -3.34. The highest BCUT2D eigenvalue weighted by molar-refractivity contribution is 4.93. The van der Waals surface area contributed by atoms with Crippen LogP contribution in [-0.2, 0) is 14.2 Å². The molecule has 0 aromatic carbocycles. The summed E-state index contributed by atoms with van der Waals surface area (Å²) in [6, 6.07) is 0. The van der Waals surface area contributed by atoms with Crippen molar-refractivity contribution in [1.82, 2.24) is 0 Å². The zero-order chi connectivity index (χ0) is 8.72. The second-order valence-electron chi connectivity index (χ2n) is 3.06. The maximum atomic E-state index is 9.48. The quantitative estimate of drug-likeness (QED) is 0.477. The van der Waals surface area contributed by atoms with E-state index in [-0.39, 0.29) is 6.10 Å². The van der Waals surface area contributed by atoms with Gasteiger partial charge in [-0.25, -0.2) is 0 Å². The lowest BCUT2D eigenvalue weighted by molar-refractivity contribution is -0.233. The second kappa shape index (κ2) is 2.93. The van der Waals surface area contributed by atoms with E-state index in [0.29, 0.717) is 6.61 Å². The van der Waals surface area contributed by atoms with Crippen LogP contribution in [0, 0.1) is 0 Å². The van der Waals surface area contributed by atoms with Gasteiger partial charge in [-0.05, 0) is 0 Å². The van der Waals surface area contributed by atoms with Gasteiger partial charge in [0.25, 0.3) is 0 Å². The zero-order valence-corrected chi connectivity index (χ0v) is 6.71. The lowest BCUT2D eigenvalue weighted by atomic mass is 10.0. The predicted molar refractivity (Wildman–Crippen MR) is 37.4 cm³/mol. The molecule has 12 heavy (non-hydrogen) atoms. The van der Waals surface area contributed by atoms with Gasteiger partial charge in [-0.1, -0.05) is 0 Å². The highest BCUT2D eigenvalue weighted by Crippen LogP contribution is 2.29. The number of ether oxygens (including phenoxy) is 3. The SMILES string of the molecule is CO[C@H]1[C@H]([18OH])[C@H](O)[C@@H]2OC[C@H]1O2. The summed E-state index contributed by atoms with van der Waals surface area (Å²) in [5.74, 6) is 0. The molecule has 70 valence electrons. The maximum Gasteiger partial charge on any atom is 0.186 e. The molecular formula is C7H12O5.